The van der Waals surface area contributed by atoms with Crippen LogP contribution in [0.25, 0.3) is 16.9 Å². The van der Waals surface area contributed by atoms with Crippen LogP contribution in [0, 0.1) is 13.8 Å². The summed E-state index contributed by atoms with van der Waals surface area (Å²) in [6.07, 6.45) is 5.13. The molecule has 0 bridgehead atoms. The third-order valence-corrected chi connectivity index (χ3v) is 5.45. The zero-order valence-corrected chi connectivity index (χ0v) is 18.8. The summed E-state index contributed by atoms with van der Waals surface area (Å²) in [6, 6.07) is 13.8. The largest absolute Gasteiger partial charge is 0.334 e. The van der Waals surface area contributed by atoms with Gasteiger partial charge in [-0.1, -0.05) is 40.6 Å². The van der Waals surface area contributed by atoms with Gasteiger partial charge in [0.15, 0.2) is 0 Å². The van der Waals surface area contributed by atoms with Crippen LogP contribution in [0.5, 0.6) is 0 Å². The fraction of sp³-hybridized carbons (Fsp3) is 0.292. The Morgan fingerprint density at radius 1 is 1.06 bits per heavy atom. The van der Waals surface area contributed by atoms with Crippen LogP contribution in [0.4, 0.5) is 0 Å². The lowest BCUT2D eigenvalue weighted by Crippen LogP contribution is -2.41. The SMILES string of the molecule is CCN(C(=O)c1cc(C)ccc1-n1nccn1)[C@@H](C)Cn1cc(-c2cccc(C)c2)nn1. The number of benzene rings is 2. The van der Waals surface area contributed by atoms with Gasteiger partial charge in [-0.05, 0) is 45.9 Å². The Labute approximate surface area is 187 Å². The van der Waals surface area contributed by atoms with Crippen molar-refractivity contribution in [1.29, 1.82) is 0 Å². The van der Waals surface area contributed by atoms with Crippen molar-refractivity contribution in [3.05, 3.63) is 77.7 Å². The van der Waals surface area contributed by atoms with E-state index in [2.05, 4.69) is 39.6 Å². The summed E-state index contributed by atoms with van der Waals surface area (Å²) >= 11 is 0. The molecule has 0 aliphatic heterocycles. The Bertz CT molecular complexity index is 1210. The smallest absolute Gasteiger partial charge is 0.256 e. The third-order valence-electron chi connectivity index (χ3n) is 5.45. The van der Waals surface area contributed by atoms with E-state index in [9.17, 15) is 4.79 Å². The van der Waals surface area contributed by atoms with Crippen LogP contribution < -0.4 is 0 Å². The van der Waals surface area contributed by atoms with E-state index in [1.165, 1.54) is 10.4 Å². The van der Waals surface area contributed by atoms with Gasteiger partial charge in [-0.25, -0.2) is 4.68 Å². The van der Waals surface area contributed by atoms with Gasteiger partial charge in [0.25, 0.3) is 5.91 Å². The lowest BCUT2D eigenvalue weighted by molar-refractivity contribution is 0.0684. The molecule has 164 valence electrons. The molecule has 0 saturated carbocycles. The molecule has 0 aliphatic carbocycles. The maximum absolute atomic E-state index is 13.6. The average molecular weight is 430 g/mol. The number of nitrogens with zero attached hydrogens (tertiary/aromatic N) is 7. The predicted molar refractivity (Wildman–Crippen MR) is 122 cm³/mol. The number of carbonyl (C=O) groups is 1. The number of aryl methyl sites for hydroxylation is 2. The van der Waals surface area contributed by atoms with Crippen LogP contribution in [0.15, 0.2) is 61.1 Å². The van der Waals surface area contributed by atoms with E-state index in [0.717, 1.165) is 16.8 Å². The van der Waals surface area contributed by atoms with Gasteiger partial charge in [0.2, 0.25) is 0 Å². The van der Waals surface area contributed by atoms with Crippen LogP contribution in [0.2, 0.25) is 0 Å². The first-order valence-electron chi connectivity index (χ1n) is 10.7. The van der Waals surface area contributed by atoms with Crippen molar-refractivity contribution in [2.45, 2.75) is 40.3 Å². The standard InChI is InChI=1S/C24H27N7O/c1-5-30(24(32)21-14-18(3)9-10-23(21)31-25-11-12-26-31)19(4)15-29-16-22(27-28-29)20-8-6-7-17(2)13-20/h6-14,16,19H,5,15H2,1-4H3/t19-/m0/s1. The molecule has 1 atom stereocenters. The maximum Gasteiger partial charge on any atom is 0.256 e. The molecular weight excluding hydrogens is 402 g/mol. The summed E-state index contributed by atoms with van der Waals surface area (Å²) in [6.45, 7) is 9.14. The number of aromatic nitrogens is 6. The predicted octanol–water partition coefficient (Wildman–Crippen LogP) is 3.69. The van der Waals surface area contributed by atoms with Crippen molar-refractivity contribution in [3.63, 3.8) is 0 Å². The van der Waals surface area contributed by atoms with E-state index in [1.54, 1.807) is 17.1 Å². The number of carbonyl (C=O) groups excluding carboxylic acids is 1. The number of hydrogen-bond acceptors (Lipinski definition) is 5. The minimum absolute atomic E-state index is 0.0602. The Hall–Kier alpha value is -3.81. The molecule has 0 saturated heterocycles. The summed E-state index contributed by atoms with van der Waals surface area (Å²) in [5.74, 6) is -0.0602. The van der Waals surface area contributed by atoms with Crippen LogP contribution in [0.1, 0.15) is 35.3 Å². The van der Waals surface area contributed by atoms with Gasteiger partial charge < -0.3 is 4.90 Å². The summed E-state index contributed by atoms with van der Waals surface area (Å²) in [7, 11) is 0. The molecular formula is C24H27N7O. The van der Waals surface area contributed by atoms with Gasteiger partial charge in [0.1, 0.15) is 5.69 Å². The first kappa shape index (κ1) is 21.4. The zero-order valence-electron chi connectivity index (χ0n) is 18.8. The molecule has 2 heterocycles. The molecule has 4 aromatic rings. The van der Waals surface area contributed by atoms with Crippen LogP contribution in [0.3, 0.4) is 0 Å². The molecule has 4 rings (SSSR count). The lowest BCUT2D eigenvalue weighted by atomic mass is 10.1. The molecule has 0 aliphatic rings. The minimum atomic E-state index is -0.0847. The van der Waals surface area contributed by atoms with Gasteiger partial charge in [-0.15, -0.1) is 5.10 Å². The van der Waals surface area contributed by atoms with E-state index < -0.39 is 0 Å². The lowest BCUT2D eigenvalue weighted by Gasteiger charge is -2.28. The minimum Gasteiger partial charge on any atom is -0.334 e. The molecule has 8 heteroatoms. The molecule has 0 unspecified atom stereocenters. The highest BCUT2D eigenvalue weighted by molar-refractivity contribution is 5.98. The number of rotatable bonds is 7. The normalized spacial score (nSPS) is 12.0. The van der Waals surface area contributed by atoms with Gasteiger partial charge in [-0.3, -0.25) is 4.79 Å². The van der Waals surface area contributed by atoms with Crippen LogP contribution >= 0.6 is 0 Å². The van der Waals surface area contributed by atoms with Crippen molar-refractivity contribution < 1.29 is 4.79 Å². The van der Waals surface area contributed by atoms with Crippen molar-refractivity contribution in [3.8, 4) is 16.9 Å². The summed E-state index contributed by atoms with van der Waals surface area (Å²) < 4.78 is 1.80. The number of amides is 1. The van der Waals surface area contributed by atoms with Crippen LogP contribution in [-0.2, 0) is 6.54 Å². The Morgan fingerprint density at radius 3 is 2.53 bits per heavy atom. The molecule has 1 amide bonds. The number of likely N-dealkylation sites (N-methyl/N-ethyl adjacent to an activating group) is 1. The second-order valence-corrected chi connectivity index (χ2v) is 7.97. The quantitative estimate of drug-likeness (QED) is 0.447. The second kappa shape index (κ2) is 9.13. The Kier molecular flexibility index (Phi) is 6.11. The van der Waals surface area contributed by atoms with Crippen molar-refractivity contribution in [2.24, 2.45) is 0 Å². The molecule has 2 aromatic heterocycles. The van der Waals surface area contributed by atoms with Crippen LogP contribution in [-0.4, -0.2) is 53.4 Å². The third kappa shape index (κ3) is 4.44. The molecule has 32 heavy (non-hydrogen) atoms. The van der Waals surface area contributed by atoms with Gasteiger partial charge in [0.05, 0.1) is 36.4 Å². The highest BCUT2D eigenvalue weighted by atomic mass is 16.2. The fourth-order valence-corrected chi connectivity index (χ4v) is 3.84. The molecule has 8 nitrogen and oxygen atoms in total. The van der Waals surface area contributed by atoms with Gasteiger partial charge >= 0.3 is 0 Å². The van der Waals surface area contributed by atoms with E-state index >= 15 is 0 Å². The summed E-state index contributed by atoms with van der Waals surface area (Å²) in [5, 5.41) is 17.0. The van der Waals surface area contributed by atoms with Gasteiger partial charge in [0, 0.05) is 18.2 Å². The molecule has 2 aromatic carbocycles. The first-order chi connectivity index (χ1) is 15.5. The molecule has 0 spiro atoms. The zero-order chi connectivity index (χ0) is 22.7. The van der Waals surface area contributed by atoms with Crippen molar-refractivity contribution >= 4 is 5.91 Å². The monoisotopic (exact) mass is 429 g/mol. The average Bonchev–Trinajstić information content (AvgIpc) is 3.46. The molecule has 0 fully saturated rings. The van der Waals surface area contributed by atoms with Crippen molar-refractivity contribution in [1.82, 2.24) is 34.9 Å². The Morgan fingerprint density at radius 2 is 1.81 bits per heavy atom. The summed E-state index contributed by atoms with van der Waals surface area (Å²) in [5.41, 5.74) is 5.28. The molecule has 0 radical (unpaired) electrons. The van der Waals surface area contributed by atoms with E-state index in [0.29, 0.717) is 24.3 Å². The Balaban J connectivity index is 1.56. The highest BCUT2D eigenvalue weighted by Gasteiger charge is 2.24. The second-order valence-electron chi connectivity index (χ2n) is 7.97. The van der Waals surface area contributed by atoms with E-state index in [1.807, 2.05) is 62.2 Å². The van der Waals surface area contributed by atoms with Gasteiger partial charge in [-0.2, -0.15) is 15.0 Å². The first-order valence-corrected chi connectivity index (χ1v) is 10.7. The highest BCUT2D eigenvalue weighted by Crippen LogP contribution is 2.20. The van der Waals surface area contributed by atoms with E-state index in [4.69, 9.17) is 0 Å². The van der Waals surface area contributed by atoms with Crippen molar-refractivity contribution in [2.75, 3.05) is 6.54 Å². The number of hydrogen-bond donors (Lipinski definition) is 0. The molecule has 0 N–H and O–H groups in total. The fourth-order valence-electron chi connectivity index (χ4n) is 3.84. The van der Waals surface area contributed by atoms with E-state index in [-0.39, 0.29) is 11.9 Å². The topological polar surface area (TPSA) is 81.7 Å². The maximum atomic E-state index is 13.6. The summed E-state index contributed by atoms with van der Waals surface area (Å²) in [4.78, 5) is 16.9.